The SMILES string of the molecule is COc1cc(OC)cc(C(CC(=O)N2CCN(c3cccc(Cl)c3)CC2)c2cnc3cc(C)ccn23)c1. The van der Waals surface area contributed by atoms with E-state index < -0.39 is 0 Å². The molecule has 3 heterocycles. The largest absolute Gasteiger partial charge is 0.497 e. The second-order valence-corrected chi connectivity index (χ2v) is 9.80. The van der Waals surface area contributed by atoms with Crippen molar-refractivity contribution in [2.45, 2.75) is 19.3 Å². The molecule has 0 aliphatic carbocycles. The summed E-state index contributed by atoms with van der Waals surface area (Å²) in [7, 11) is 3.27. The Morgan fingerprint density at radius 3 is 2.41 bits per heavy atom. The number of halogens is 1. The lowest BCUT2D eigenvalue weighted by Crippen LogP contribution is -2.49. The number of methoxy groups -OCH3 is 2. The van der Waals surface area contributed by atoms with Crippen molar-refractivity contribution >= 4 is 28.8 Å². The normalized spacial score (nSPS) is 14.6. The number of hydrogen-bond donors (Lipinski definition) is 0. The molecule has 1 unspecified atom stereocenters. The van der Waals surface area contributed by atoms with Gasteiger partial charge in [0, 0.05) is 67.7 Å². The van der Waals surface area contributed by atoms with E-state index in [1.54, 1.807) is 14.2 Å². The Bertz CT molecular complexity index is 1390. The van der Waals surface area contributed by atoms with E-state index in [1.165, 1.54) is 0 Å². The topological polar surface area (TPSA) is 59.3 Å². The van der Waals surface area contributed by atoms with Crippen molar-refractivity contribution in [1.29, 1.82) is 0 Å². The van der Waals surface area contributed by atoms with Crippen LogP contribution in [0.4, 0.5) is 5.69 Å². The molecule has 5 rings (SSSR count). The second-order valence-electron chi connectivity index (χ2n) is 9.37. The highest BCUT2D eigenvalue weighted by Gasteiger charge is 2.28. The maximum absolute atomic E-state index is 13.7. The molecule has 2 aromatic carbocycles. The molecular formula is C29H31ClN4O3. The summed E-state index contributed by atoms with van der Waals surface area (Å²) in [6.45, 7) is 4.89. The standard InChI is InChI=1S/C29H31ClN4O3/c1-20-7-8-34-27(19-31-28(34)13-20)26(21-14-24(36-2)17-25(15-21)37-3)18-29(35)33-11-9-32(10-12-33)23-6-4-5-22(30)16-23/h4-8,13-17,19,26H,9-12,18H2,1-3H3. The van der Waals surface area contributed by atoms with Crippen LogP contribution in [0.3, 0.4) is 0 Å². The number of fused-ring (bicyclic) bond motifs is 1. The molecule has 2 aromatic heterocycles. The molecule has 1 atom stereocenters. The Morgan fingerprint density at radius 2 is 1.73 bits per heavy atom. The zero-order valence-corrected chi connectivity index (χ0v) is 22.1. The van der Waals surface area contributed by atoms with Gasteiger partial charge in [0.1, 0.15) is 17.1 Å². The van der Waals surface area contributed by atoms with Gasteiger partial charge in [-0.15, -0.1) is 0 Å². The number of rotatable bonds is 7. The van der Waals surface area contributed by atoms with E-state index in [2.05, 4.69) is 26.4 Å². The lowest BCUT2D eigenvalue weighted by molar-refractivity contribution is -0.131. The van der Waals surface area contributed by atoms with Crippen LogP contribution < -0.4 is 14.4 Å². The van der Waals surface area contributed by atoms with E-state index in [0.717, 1.165) is 46.3 Å². The summed E-state index contributed by atoms with van der Waals surface area (Å²) in [5.74, 6) is 1.26. The Hall–Kier alpha value is -3.71. The van der Waals surface area contributed by atoms with Crippen molar-refractivity contribution in [2.24, 2.45) is 0 Å². The number of pyridine rings is 1. The zero-order chi connectivity index (χ0) is 25.9. The average molecular weight is 519 g/mol. The lowest BCUT2D eigenvalue weighted by atomic mass is 9.91. The van der Waals surface area contributed by atoms with Gasteiger partial charge in [-0.05, 0) is 60.5 Å². The van der Waals surface area contributed by atoms with Crippen LogP contribution in [-0.2, 0) is 4.79 Å². The molecule has 1 saturated heterocycles. The Labute approximate surface area is 222 Å². The van der Waals surface area contributed by atoms with Crippen molar-refractivity contribution in [2.75, 3.05) is 45.3 Å². The minimum Gasteiger partial charge on any atom is -0.497 e. The second kappa shape index (κ2) is 10.7. The molecule has 1 aliphatic rings. The molecular weight excluding hydrogens is 488 g/mol. The summed E-state index contributed by atoms with van der Waals surface area (Å²) < 4.78 is 13.1. The van der Waals surface area contributed by atoms with Crippen LogP contribution in [-0.4, -0.2) is 60.6 Å². The van der Waals surface area contributed by atoms with E-state index in [4.69, 9.17) is 21.1 Å². The summed E-state index contributed by atoms with van der Waals surface area (Å²) in [4.78, 5) is 22.5. The minimum atomic E-state index is -0.222. The minimum absolute atomic E-state index is 0.111. The van der Waals surface area contributed by atoms with E-state index in [0.29, 0.717) is 31.0 Å². The fourth-order valence-electron chi connectivity index (χ4n) is 4.97. The number of carbonyl (C=O) groups excluding carboxylic acids is 1. The van der Waals surface area contributed by atoms with Crippen molar-refractivity contribution in [3.63, 3.8) is 0 Å². The Morgan fingerprint density at radius 1 is 1.00 bits per heavy atom. The van der Waals surface area contributed by atoms with Crippen LogP contribution in [0.1, 0.15) is 29.2 Å². The number of piperazine rings is 1. The van der Waals surface area contributed by atoms with Crippen LogP contribution in [0.5, 0.6) is 11.5 Å². The Balaban J connectivity index is 1.42. The average Bonchev–Trinajstić information content (AvgIpc) is 3.34. The third kappa shape index (κ3) is 5.37. The molecule has 0 N–H and O–H groups in total. The van der Waals surface area contributed by atoms with E-state index >= 15 is 0 Å². The molecule has 8 heteroatoms. The number of aryl methyl sites for hydroxylation is 1. The molecule has 0 bridgehead atoms. The molecule has 4 aromatic rings. The molecule has 1 aliphatic heterocycles. The number of ether oxygens (including phenoxy) is 2. The molecule has 37 heavy (non-hydrogen) atoms. The Kier molecular flexibility index (Phi) is 7.24. The summed E-state index contributed by atoms with van der Waals surface area (Å²) in [5, 5.41) is 0.718. The lowest BCUT2D eigenvalue weighted by Gasteiger charge is -2.36. The van der Waals surface area contributed by atoms with Crippen LogP contribution in [0.15, 0.2) is 67.0 Å². The van der Waals surface area contributed by atoms with Crippen LogP contribution in [0, 0.1) is 6.92 Å². The molecule has 7 nitrogen and oxygen atoms in total. The smallest absolute Gasteiger partial charge is 0.223 e. The first kappa shape index (κ1) is 25.0. The van der Waals surface area contributed by atoms with Gasteiger partial charge in [0.05, 0.1) is 19.9 Å². The van der Waals surface area contributed by atoms with Crippen molar-refractivity contribution in [3.05, 3.63) is 88.8 Å². The summed E-state index contributed by atoms with van der Waals surface area (Å²) in [6.07, 6.45) is 4.20. The maximum atomic E-state index is 13.7. The highest BCUT2D eigenvalue weighted by molar-refractivity contribution is 6.30. The number of benzene rings is 2. The highest BCUT2D eigenvalue weighted by atomic mass is 35.5. The predicted molar refractivity (Wildman–Crippen MR) is 146 cm³/mol. The summed E-state index contributed by atoms with van der Waals surface area (Å²) in [6, 6.07) is 17.8. The van der Waals surface area contributed by atoms with E-state index in [-0.39, 0.29) is 11.8 Å². The first-order valence-corrected chi connectivity index (χ1v) is 12.8. The predicted octanol–water partition coefficient (Wildman–Crippen LogP) is 5.18. The van der Waals surface area contributed by atoms with Gasteiger partial charge in [-0.2, -0.15) is 0 Å². The van der Waals surface area contributed by atoms with Gasteiger partial charge in [-0.25, -0.2) is 4.98 Å². The fourth-order valence-corrected chi connectivity index (χ4v) is 5.16. The number of amides is 1. The first-order valence-electron chi connectivity index (χ1n) is 12.4. The van der Waals surface area contributed by atoms with Gasteiger partial charge in [0.15, 0.2) is 0 Å². The van der Waals surface area contributed by atoms with Gasteiger partial charge in [0.2, 0.25) is 5.91 Å². The van der Waals surface area contributed by atoms with Crippen LogP contribution in [0.2, 0.25) is 5.02 Å². The van der Waals surface area contributed by atoms with Gasteiger partial charge >= 0.3 is 0 Å². The number of aromatic nitrogens is 2. The molecule has 0 saturated carbocycles. The monoisotopic (exact) mass is 518 g/mol. The number of anilines is 1. The fraction of sp³-hybridized carbons (Fsp3) is 0.310. The number of nitrogens with zero attached hydrogens (tertiary/aromatic N) is 4. The molecule has 1 fully saturated rings. The zero-order valence-electron chi connectivity index (χ0n) is 21.4. The summed E-state index contributed by atoms with van der Waals surface area (Å²) in [5.41, 5.74) is 4.98. The third-order valence-electron chi connectivity index (χ3n) is 7.01. The van der Waals surface area contributed by atoms with E-state index in [9.17, 15) is 4.79 Å². The molecule has 1 amide bonds. The molecule has 192 valence electrons. The van der Waals surface area contributed by atoms with Crippen LogP contribution >= 0.6 is 11.6 Å². The van der Waals surface area contributed by atoms with Gasteiger partial charge in [-0.3, -0.25) is 4.79 Å². The molecule has 0 radical (unpaired) electrons. The number of imidazole rings is 1. The number of hydrogen-bond acceptors (Lipinski definition) is 5. The van der Waals surface area contributed by atoms with Gasteiger partial charge in [0.25, 0.3) is 0 Å². The summed E-state index contributed by atoms with van der Waals surface area (Å²) >= 11 is 6.18. The highest BCUT2D eigenvalue weighted by Crippen LogP contribution is 2.35. The van der Waals surface area contributed by atoms with Gasteiger partial charge in [-0.1, -0.05) is 17.7 Å². The van der Waals surface area contributed by atoms with Crippen molar-refractivity contribution in [1.82, 2.24) is 14.3 Å². The third-order valence-corrected chi connectivity index (χ3v) is 7.25. The van der Waals surface area contributed by atoms with E-state index in [1.807, 2.05) is 66.7 Å². The van der Waals surface area contributed by atoms with Gasteiger partial charge < -0.3 is 23.7 Å². The number of carbonyl (C=O) groups is 1. The van der Waals surface area contributed by atoms with Crippen molar-refractivity contribution in [3.8, 4) is 11.5 Å². The quantitative estimate of drug-likeness (QED) is 0.337. The van der Waals surface area contributed by atoms with Crippen molar-refractivity contribution < 1.29 is 14.3 Å². The van der Waals surface area contributed by atoms with Crippen LogP contribution in [0.25, 0.3) is 5.65 Å². The first-order chi connectivity index (χ1) is 17.9. The molecule has 0 spiro atoms. The maximum Gasteiger partial charge on any atom is 0.223 e.